The Morgan fingerprint density at radius 3 is 1.64 bits per heavy atom. The van der Waals surface area contributed by atoms with Crippen molar-refractivity contribution in [2.75, 3.05) is 79.3 Å². The molecule has 1 saturated heterocycles. The second kappa shape index (κ2) is 24.4. The van der Waals surface area contributed by atoms with E-state index in [2.05, 4.69) is 6.92 Å². The molecule has 1 atom stereocenters. The van der Waals surface area contributed by atoms with Crippen molar-refractivity contribution < 1.29 is 38.0 Å². The Morgan fingerprint density at radius 1 is 0.636 bits per heavy atom. The Kier molecular flexibility index (Phi) is 22.3. The van der Waals surface area contributed by atoms with Gasteiger partial charge in [-0.2, -0.15) is 0 Å². The molecule has 0 saturated carbocycles. The summed E-state index contributed by atoms with van der Waals surface area (Å²) in [6, 6.07) is 0. The van der Waals surface area contributed by atoms with E-state index in [1.54, 1.807) is 0 Å². The van der Waals surface area contributed by atoms with E-state index in [-0.39, 0.29) is 18.7 Å². The van der Waals surface area contributed by atoms with E-state index in [4.69, 9.17) is 33.2 Å². The van der Waals surface area contributed by atoms with Gasteiger partial charge in [-0.3, -0.25) is 4.79 Å². The molecule has 1 heterocycles. The second-order valence-electron chi connectivity index (χ2n) is 8.28. The number of hydrogen-bond donors (Lipinski definition) is 0. The third-order valence-corrected chi connectivity index (χ3v) is 5.29. The highest BCUT2D eigenvalue weighted by molar-refractivity contribution is 5.69. The summed E-state index contributed by atoms with van der Waals surface area (Å²) in [4.78, 5) is 12.1. The van der Waals surface area contributed by atoms with Gasteiger partial charge in [0.15, 0.2) is 0 Å². The van der Waals surface area contributed by atoms with Gasteiger partial charge in [0.2, 0.25) is 0 Å². The highest BCUT2D eigenvalue weighted by Gasteiger charge is 2.13. The minimum absolute atomic E-state index is 0.169. The number of esters is 1. The molecule has 1 rings (SSSR count). The van der Waals surface area contributed by atoms with Crippen LogP contribution in [0.5, 0.6) is 0 Å². The van der Waals surface area contributed by atoms with Crippen molar-refractivity contribution in [3.8, 4) is 0 Å². The number of carbonyl (C=O) groups is 1. The molecule has 0 aromatic rings. The fourth-order valence-electron chi connectivity index (χ4n) is 3.35. The molecule has 1 fully saturated rings. The third-order valence-electron chi connectivity index (χ3n) is 5.29. The molecule has 0 amide bonds. The highest BCUT2D eigenvalue weighted by atomic mass is 16.6. The Labute approximate surface area is 200 Å². The SMILES string of the molecule is CCCCCCCCCCCC(=O)OCC1COCCOCCOCCOCCOCCO1. The van der Waals surface area contributed by atoms with Gasteiger partial charge >= 0.3 is 5.97 Å². The van der Waals surface area contributed by atoms with Crippen molar-refractivity contribution in [3.63, 3.8) is 0 Å². The van der Waals surface area contributed by atoms with Gasteiger partial charge in [-0.25, -0.2) is 0 Å². The van der Waals surface area contributed by atoms with E-state index >= 15 is 0 Å². The molecule has 1 aliphatic heterocycles. The van der Waals surface area contributed by atoms with Gasteiger partial charge in [0.1, 0.15) is 12.7 Å². The van der Waals surface area contributed by atoms with Crippen LogP contribution in [-0.4, -0.2) is 91.4 Å². The molecule has 0 aromatic heterocycles. The quantitative estimate of drug-likeness (QED) is 0.310. The van der Waals surface area contributed by atoms with E-state index < -0.39 is 0 Å². The van der Waals surface area contributed by atoms with Crippen LogP contribution < -0.4 is 0 Å². The molecule has 1 aliphatic rings. The van der Waals surface area contributed by atoms with E-state index in [9.17, 15) is 4.79 Å². The fourth-order valence-corrected chi connectivity index (χ4v) is 3.35. The topological polar surface area (TPSA) is 81.7 Å². The minimum atomic E-state index is -0.320. The average Bonchev–Trinajstić information content (AvgIpc) is 2.82. The molecule has 33 heavy (non-hydrogen) atoms. The zero-order valence-corrected chi connectivity index (χ0v) is 20.9. The molecule has 0 bridgehead atoms. The molecule has 196 valence electrons. The van der Waals surface area contributed by atoms with Crippen LogP contribution in [0.4, 0.5) is 0 Å². The van der Waals surface area contributed by atoms with Crippen molar-refractivity contribution in [3.05, 3.63) is 0 Å². The zero-order chi connectivity index (χ0) is 23.7. The van der Waals surface area contributed by atoms with Crippen LogP contribution in [0.1, 0.15) is 71.1 Å². The monoisotopic (exact) mass is 476 g/mol. The highest BCUT2D eigenvalue weighted by Crippen LogP contribution is 2.11. The summed E-state index contributed by atoms with van der Waals surface area (Å²) in [5, 5.41) is 0. The summed E-state index contributed by atoms with van der Waals surface area (Å²) in [7, 11) is 0. The van der Waals surface area contributed by atoms with Crippen LogP contribution in [0.2, 0.25) is 0 Å². The summed E-state index contributed by atoms with van der Waals surface area (Å²) < 4.78 is 38.7. The Hall–Kier alpha value is -0.770. The summed E-state index contributed by atoms with van der Waals surface area (Å²) in [5.41, 5.74) is 0. The Morgan fingerprint density at radius 2 is 1.09 bits per heavy atom. The van der Waals surface area contributed by atoms with E-state index in [1.807, 2.05) is 0 Å². The van der Waals surface area contributed by atoms with Crippen LogP contribution in [0.15, 0.2) is 0 Å². The molecule has 0 spiro atoms. The van der Waals surface area contributed by atoms with E-state index in [1.165, 1.54) is 44.9 Å². The van der Waals surface area contributed by atoms with Gasteiger partial charge in [0, 0.05) is 6.42 Å². The molecule has 8 nitrogen and oxygen atoms in total. The fraction of sp³-hybridized carbons (Fsp3) is 0.960. The first-order valence-corrected chi connectivity index (χ1v) is 13.0. The average molecular weight is 477 g/mol. The molecule has 0 radical (unpaired) electrons. The molecular formula is C25H48O8. The van der Waals surface area contributed by atoms with Gasteiger partial charge in [0.05, 0.1) is 72.7 Å². The van der Waals surface area contributed by atoms with Crippen LogP contribution in [0.3, 0.4) is 0 Å². The van der Waals surface area contributed by atoms with Crippen molar-refractivity contribution in [2.24, 2.45) is 0 Å². The molecular weight excluding hydrogens is 428 g/mol. The maximum atomic E-state index is 12.1. The summed E-state index contributed by atoms with van der Waals surface area (Å²) >= 11 is 0. The summed E-state index contributed by atoms with van der Waals surface area (Å²) in [6.07, 6.45) is 11.2. The Bertz CT molecular complexity index is 403. The molecule has 0 aromatic carbocycles. The first-order valence-electron chi connectivity index (χ1n) is 13.0. The van der Waals surface area contributed by atoms with Gasteiger partial charge in [-0.15, -0.1) is 0 Å². The van der Waals surface area contributed by atoms with Crippen LogP contribution >= 0.6 is 0 Å². The van der Waals surface area contributed by atoms with E-state index in [0.29, 0.717) is 79.1 Å². The van der Waals surface area contributed by atoms with Crippen molar-refractivity contribution >= 4 is 5.97 Å². The lowest BCUT2D eigenvalue weighted by atomic mass is 10.1. The summed E-state index contributed by atoms with van der Waals surface area (Å²) in [6.45, 7) is 7.70. The van der Waals surface area contributed by atoms with Crippen molar-refractivity contribution in [1.82, 2.24) is 0 Å². The van der Waals surface area contributed by atoms with Crippen LogP contribution in [-0.2, 0) is 38.0 Å². The van der Waals surface area contributed by atoms with Gasteiger partial charge in [-0.05, 0) is 6.42 Å². The first-order chi connectivity index (χ1) is 16.3. The first kappa shape index (κ1) is 30.3. The normalized spacial score (nSPS) is 20.6. The standard InChI is InChI=1S/C25H48O8/c1-2-3-4-5-6-7-8-9-10-11-25(26)33-23-24-22-31-19-18-29-15-14-27-12-13-28-16-17-30-20-21-32-24/h24H,2-23H2,1H3. The number of unbranched alkanes of at least 4 members (excludes halogenated alkanes) is 8. The lowest BCUT2D eigenvalue weighted by Crippen LogP contribution is -2.29. The molecule has 8 heteroatoms. The van der Waals surface area contributed by atoms with Gasteiger partial charge < -0.3 is 33.2 Å². The van der Waals surface area contributed by atoms with Gasteiger partial charge in [-0.1, -0.05) is 58.3 Å². The van der Waals surface area contributed by atoms with Crippen molar-refractivity contribution in [2.45, 2.75) is 77.2 Å². The number of carbonyl (C=O) groups excluding carboxylic acids is 1. The predicted molar refractivity (Wildman–Crippen MR) is 127 cm³/mol. The lowest BCUT2D eigenvalue weighted by Gasteiger charge is -2.18. The molecule has 0 aliphatic carbocycles. The van der Waals surface area contributed by atoms with Crippen LogP contribution in [0, 0.1) is 0 Å². The minimum Gasteiger partial charge on any atom is -0.463 e. The summed E-state index contributed by atoms with van der Waals surface area (Å²) in [5.74, 6) is -0.169. The smallest absolute Gasteiger partial charge is 0.305 e. The van der Waals surface area contributed by atoms with Gasteiger partial charge in [0.25, 0.3) is 0 Å². The predicted octanol–water partition coefficient (Wildman–Crippen LogP) is 3.93. The largest absolute Gasteiger partial charge is 0.463 e. The zero-order valence-electron chi connectivity index (χ0n) is 20.9. The number of rotatable bonds is 12. The van der Waals surface area contributed by atoms with Crippen LogP contribution in [0.25, 0.3) is 0 Å². The van der Waals surface area contributed by atoms with E-state index in [0.717, 1.165) is 12.8 Å². The lowest BCUT2D eigenvalue weighted by molar-refractivity contribution is -0.151. The maximum absolute atomic E-state index is 12.1. The molecule has 1 unspecified atom stereocenters. The van der Waals surface area contributed by atoms with Crippen molar-refractivity contribution in [1.29, 1.82) is 0 Å². The number of ether oxygens (including phenoxy) is 7. The second-order valence-corrected chi connectivity index (χ2v) is 8.28. The number of hydrogen-bond acceptors (Lipinski definition) is 8. The third kappa shape index (κ3) is 21.5. The maximum Gasteiger partial charge on any atom is 0.305 e. The Balaban J connectivity index is 2.15. The molecule has 0 N–H and O–H groups in total.